The summed E-state index contributed by atoms with van der Waals surface area (Å²) in [6.07, 6.45) is 2.66. The number of benzene rings is 2. The van der Waals surface area contributed by atoms with E-state index >= 15 is 0 Å². The molecule has 3 nitrogen and oxygen atoms in total. The van der Waals surface area contributed by atoms with Crippen LogP contribution in [0.2, 0.25) is 0 Å². The molecule has 2 aliphatic rings. The molecule has 1 saturated carbocycles. The van der Waals surface area contributed by atoms with Crippen LogP contribution in [-0.4, -0.2) is 19.2 Å². The molecule has 1 aliphatic heterocycles. The van der Waals surface area contributed by atoms with Crippen molar-refractivity contribution < 1.29 is 4.74 Å². The summed E-state index contributed by atoms with van der Waals surface area (Å²) < 4.78 is 6.00. The van der Waals surface area contributed by atoms with Gasteiger partial charge in [-0.3, -0.25) is 0 Å². The lowest BCUT2D eigenvalue weighted by Gasteiger charge is -2.59. The maximum absolute atomic E-state index is 8.84. The highest BCUT2D eigenvalue weighted by Crippen LogP contribution is 2.50. The van der Waals surface area contributed by atoms with E-state index < -0.39 is 0 Å². The molecule has 2 fully saturated rings. The predicted molar refractivity (Wildman–Crippen MR) is 85.9 cm³/mol. The van der Waals surface area contributed by atoms with Gasteiger partial charge < -0.3 is 9.64 Å². The highest BCUT2D eigenvalue weighted by atomic mass is 16.5. The third-order valence-electron chi connectivity index (χ3n) is 4.78. The Morgan fingerprint density at radius 2 is 1.68 bits per heavy atom. The maximum Gasteiger partial charge on any atom is 0.119 e. The van der Waals surface area contributed by atoms with E-state index in [1.165, 1.54) is 5.69 Å². The van der Waals surface area contributed by atoms with E-state index in [-0.39, 0.29) is 0 Å². The second-order valence-corrected chi connectivity index (χ2v) is 6.48. The summed E-state index contributed by atoms with van der Waals surface area (Å²) in [4.78, 5) is 2.39. The van der Waals surface area contributed by atoms with Gasteiger partial charge in [-0.2, -0.15) is 5.26 Å². The van der Waals surface area contributed by atoms with E-state index in [1.54, 1.807) is 0 Å². The molecule has 1 aliphatic carbocycles. The van der Waals surface area contributed by atoms with E-state index in [0.29, 0.717) is 11.5 Å². The molecule has 0 atom stereocenters. The van der Waals surface area contributed by atoms with Crippen LogP contribution in [0.25, 0.3) is 0 Å². The van der Waals surface area contributed by atoms with Gasteiger partial charge in [0.25, 0.3) is 0 Å². The zero-order chi connectivity index (χ0) is 15.0. The molecule has 0 amide bonds. The van der Waals surface area contributed by atoms with Gasteiger partial charge in [-0.15, -0.1) is 0 Å². The average Bonchev–Trinajstić information content (AvgIpc) is 2.49. The Morgan fingerprint density at radius 1 is 1.00 bits per heavy atom. The first kappa shape index (κ1) is 13.2. The van der Waals surface area contributed by atoms with Crippen LogP contribution in [0.15, 0.2) is 54.6 Å². The molecule has 0 radical (unpaired) electrons. The highest BCUT2D eigenvalue weighted by molar-refractivity contribution is 5.53. The van der Waals surface area contributed by atoms with Gasteiger partial charge in [0.15, 0.2) is 0 Å². The molecule has 0 N–H and O–H groups in total. The molecular weight excluding hydrogens is 272 g/mol. The number of hydrogen-bond acceptors (Lipinski definition) is 3. The molecule has 2 aromatic carbocycles. The minimum absolute atomic E-state index is 0.366. The molecule has 3 heteroatoms. The molecule has 1 spiro atoms. The van der Waals surface area contributed by atoms with Crippen molar-refractivity contribution in [3.63, 3.8) is 0 Å². The van der Waals surface area contributed by atoms with Crippen molar-refractivity contribution in [2.75, 3.05) is 18.0 Å². The van der Waals surface area contributed by atoms with Gasteiger partial charge in [0.05, 0.1) is 11.6 Å². The van der Waals surface area contributed by atoms with Gasteiger partial charge in [0, 0.05) is 24.2 Å². The monoisotopic (exact) mass is 290 g/mol. The van der Waals surface area contributed by atoms with Crippen LogP contribution in [0.4, 0.5) is 5.69 Å². The van der Waals surface area contributed by atoms with Crippen LogP contribution in [0.5, 0.6) is 5.75 Å². The molecule has 2 aromatic rings. The average molecular weight is 290 g/mol. The predicted octanol–water partition coefficient (Wildman–Crippen LogP) is 3.61. The number of anilines is 1. The molecular formula is C19H18N2O. The fourth-order valence-corrected chi connectivity index (χ4v) is 3.63. The van der Waals surface area contributed by atoms with Gasteiger partial charge in [-0.25, -0.2) is 0 Å². The van der Waals surface area contributed by atoms with Gasteiger partial charge >= 0.3 is 0 Å². The van der Waals surface area contributed by atoms with Gasteiger partial charge in [0.1, 0.15) is 11.9 Å². The maximum atomic E-state index is 8.84. The van der Waals surface area contributed by atoms with Crippen LogP contribution in [0.1, 0.15) is 18.4 Å². The summed E-state index contributed by atoms with van der Waals surface area (Å²) >= 11 is 0. The Labute approximate surface area is 130 Å². The largest absolute Gasteiger partial charge is 0.490 e. The summed E-state index contributed by atoms with van der Waals surface area (Å²) in [6.45, 7) is 2.21. The Morgan fingerprint density at radius 3 is 2.32 bits per heavy atom. The number of rotatable bonds is 3. The van der Waals surface area contributed by atoms with Gasteiger partial charge in [-0.1, -0.05) is 18.2 Å². The molecule has 110 valence electrons. The van der Waals surface area contributed by atoms with Crippen molar-refractivity contribution in [3.05, 3.63) is 60.2 Å². The first-order valence-corrected chi connectivity index (χ1v) is 7.73. The Hall–Kier alpha value is -2.47. The molecule has 1 heterocycles. The van der Waals surface area contributed by atoms with Crippen LogP contribution in [-0.2, 0) is 0 Å². The van der Waals surface area contributed by atoms with Crippen molar-refractivity contribution in [1.82, 2.24) is 0 Å². The van der Waals surface area contributed by atoms with Crippen LogP contribution >= 0.6 is 0 Å². The van der Waals surface area contributed by atoms with Gasteiger partial charge in [0.2, 0.25) is 0 Å². The molecule has 22 heavy (non-hydrogen) atoms. The van der Waals surface area contributed by atoms with E-state index in [4.69, 9.17) is 10.00 Å². The van der Waals surface area contributed by atoms with Crippen molar-refractivity contribution in [1.29, 1.82) is 5.26 Å². The van der Waals surface area contributed by atoms with E-state index in [2.05, 4.69) is 11.0 Å². The lowest BCUT2D eigenvalue weighted by Crippen LogP contribution is -2.64. The third kappa shape index (κ3) is 2.31. The van der Waals surface area contributed by atoms with Crippen molar-refractivity contribution in [2.24, 2.45) is 5.41 Å². The number of hydrogen-bond donors (Lipinski definition) is 0. The third-order valence-corrected chi connectivity index (χ3v) is 4.78. The highest BCUT2D eigenvalue weighted by Gasteiger charge is 2.53. The molecule has 4 rings (SSSR count). The number of ether oxygens (including phenoxy) is 1. The van der Waals surface area contributed by atoms with E-state index in [1.807, 2.05) is 54.6 Å². The number of nitriles is 1. The van der Waals surface area contributed by atoms with Gasteiger partial charge in [-0.05, 0) is 49.2 Å². The van der Waals surface area contributed by atoms with E-state index in [9.17, 15) is 0 Å². The summed E-state index contributed by atoms with van der Waals surface area (Å²) in [5.74, 6) is 0.977. The Balaban J connectivity index is 1.30. The lowest BCUT2D eigenvalue weighted by atomic mass is 9.61. The minimum Gasteiger partial charge on any atom is -0.490 e. The summed E-state index contributed by atoms with van der Waals surface area (Å²) in [5, 5.41) is 8.84. The number of nitrogens with zero attached hydrogens (tertiary/aromatic N) is 2. The molecule has 0 bridgehead atoms. The van der Waals surface area contributed by atoms with Crippen molar-refractivity contribution >= 4 is 5.69 Å². The van der Waals surface area contributed by atoms with Crippen molar-refractivity contribution in [3.8, 4) is 11.8 Å². The second-order valence-electron chi connectivity index (χ2n) is 6.48. The van der Waals surface area contributed by atoms with Crippen LogP contribution < -0.4 is 9.64 Å². The van der Waals surface area contributed by atoms with Crippen molar-refractivity contribution in [2.45, 2.75) is 18.9 Å². The smallest absolute Gasteiger partial charge is 0.119 e. The lowest BCUT2D eigenvalue weighted by molar-refractivity contribution is -0.0340. The zero-order valence-electron chi connectivity index (χ0n) is 12.4. The summed E-state index contributed by atoms with van der Waals surface area (Å²) in [6, 6.07) is 20.1. The topological polar surface area (TPSA) is 36.3 Å². The fourth-order valence-electron chi connectivity index (χ4n) is 3.63. The van der Waals surface area contributed by atoms with Crippen LogP contribution in [0, 0.1) is 16.7 Å². The Kier molecular flexibility index (Phi) is 3.04. The zero-order valence-corrected chi connectivity index (χ0v) is 12.4. The minimum atomic E-state index is 0.366. The summed E-state index contributed by atoms with van der Waals surface area (Å²) in [7, 11) is 0. The first-order chi connectivity index (χ1) is 10.8. The van der Waals surface area contributed by atoms with Crippen LogP contribution in [0.3, 0.4) is 0 Å². The number of para-hydroxylation sites is 1. The SMILES string of the molecule is N#Cc1ccc(N2CC3(CC(Oc4ccccc4)C3)C2)cc1. The normalized spacial score (nSPS) is 19.1. The molecule has 0 unspecified atom stereocenters. The van der Waals surface area contributed by atoms with E-state index in [0.717, 1.165) is 37.2 Å². The molecule has 0 aromatic heterocycles. The standard InChI is InChI=1S/C19H18N2O/c20-12-15-6-8-16(9-7-15)21-13-19(14-21)10-18(11-19)22-17-4-2-1-3-5-17/h1-9,18H,10-11,13-14H2. The Bertz CT molecular complexity index is 688. The fraction of sp³-hybridized carbons (Fsp3) is 0.316. The summed E-state index contributed by atoms with van der Waals surface area (Å²) in [5.41, 5.74) is 2.39. The second kappa shape index (κ2) is 5.06. The quantitative estimate of drug-likeness (QED) is 0.866. The molecule has 1 saturated heterocycles. The first-order valence-electron chi connectivity index (χ1n) is 7.73.